The highest BCUT2D eigenvalue weighted by molar-refractivity contribution is 5.86. The number of hydrogen-bond donors (Lipinski definition) is 6. The fraction of sp³-hybridized carbons (Fsp3) is 0.538. The maximum absolute atomic E-state index is 11.0. The molecule has 5 atom stereocenters. The van der Waals surface area contributed by atoms with Gasteiger partial charge in [-0.15, -0.1) is 0 Å². The van der Waals surface area contributed by atoms with Crippen LogP contribution < -0.4 is 5.32 Å². The summed E-state index contributed by atoms with van der Waals surface area (Å²) in [5, 5.41) is 49.8. The average molecular weight is 355 g/mol. The van der Waals surface area contributed by atoms with E-state index in [1.807, 2.05) is 0 Å². The van der Waals surface area contributed by atoms with Gasteiger partial charge in [-0.3, -0.25) is 4.57 Å². The predicted octanol–water partition coefficient (Wildman–Crippen LogP) is -2.70. The van der Waals surface area contributed by atoms with Crippen molar-refractivity contribution in [1.29, 1.82) is 0 Å². The van der Waals surface area contributed by atoms with E-state index in [0.29, 0.717) is 0 Å². The number of aromatic nitrogens is 4. The number of nitrogens with one attached hydrogen (secondary N) is 1. The maximum Gasteiger partial charge on any atom is 0.328 e. The fourth-order valence-electron chi connectivity index (χ4n) is 2.60. The summed E-state index contributed by atoms with van der Waals surface area (Å²) in [6.45, 7) is -1.13. The molecule has 0 saturated carbocycles. The molecule has 0 aliphatic carbocycles. The SMILES string of the molecule is O=C(O)[C@@H](CO)Nc1ncnc2c1ncn2[C@@H]1O[C@H](CO)[C@H](O)C1O. The van der Waals surface area contributed by atoms with E-state index in [0.717, 1.165) is 6.33 Å². The smallest absolute Gasteiger partial charge is 0.328 e. The summed E-state index contributed by atoms with van der Waals surface area (Å²) < 4.78 is 6.77. The summed E-state index contributed by atoms with van der Waals surface area (Å²) in [5.41, 5.74) is 0.411. The zero-order valence-electron chi connectivity index (χ0n) is 12.8. The number of carboxylic acid groups (broad SMARTS) is 1. The second kappa shape index (κ2) is 6.85. The van der Waals surface area contributed by atoms with E-state index in [2.05, 4.69) is 20.3 Å². The van der Waals surface area contributed by atoms with Crippen LogP contribution in [0.2, 0.25) is 0 Å². The molecule has 3 rings (SSSR count). The van der Waals surface area contributed by atoms with Crippen LogP contribution in [0.3, 0.4) is 0 Å². The van der Waals surface area contributed by atoms with Crippen molar-refractivity contribution in [2.24, 2.45) is 0 Å². The van der Waals surface area contributed by atoms with Crippen molar-refractivity contribution in [3.05, 3.63) is 12.7 Å². The van der Waals surface area contributed by atoms with Crippen LogP contribution in [0.5, 0.6) is 0 Å². The Kier molecular flexibility index (Phi) is 4.78. The van der Waals surface area contributed by atoms with Crippen LogP contribution in [0.4, 0.5) is 5.82 Å². The molecule has 0 spiro atoms. The van der Waals surface area contributed by atoms with Gasteiger partial charge in [-0.2, -0.15) is 0 Å². The van der Waals surface area contributed by atoms with Crippen molar-refractivity contribution in [2.45, 2.75) is 30.6 Å². The van der Waals surface area contributed by atoms with Gasteiger partial charge in [0.1, 0.15) is 30.7 Å². The second-order valence-corrected chi connectivity index (χ2v) is 5.49. The molecule has 6 N–H and O–H groups in total. The lowest BCUT2D eigenvalue weighted by Gasteiger charge is -2.17. The first-order valence-corrected chi connectivity index (χ1v) is 7.38. The van der Waals surface area contributed by atoms with Crippen molar-refractivity contribution in [2.75, 3.05) is 18.5 Å². The van der Waals surface area contributed by atoms with Gasteiger partial charge in [0.2, 0.25) is 0 Å². The van der Waals surface area contributed by atoms with Gasteiger partial charge in [-0.1, -0.05) is 0 Å². The summed E-state index contributed by atoms with van der Waals surface area (Å²) in [5.74, 6) is -1.19. The minimum atomic E-state index is -1.31. The molecule has 1 aliphatic heterocycles. The lowest BCUT2D eigenvalue weighted by Crippen LogP contribution is -2.33. The third kappa shape index (κ3) is 3.01. The number of anilines is 1. The van der Waals surface area contributed by atoms with E-state index in [1.165, 1.54) is 10.9 Å². The summed E-state index contributed by atoms with van der Waals surface area (Å²) in [6, 6.07) is -1.28. The van der Waals surface area contributed by atoms with Crippen LogP contribution in [0.15, 0.2) is 12.7 Å². The number of nitrogens with zero attached hydrogens (tertiary/aromatic N) is 4. The highest BCUT2D eigenvalue weighted by Gasteiger charge is 2.44. The van der Waals surface area contributed by atoms with Crippen molar-refractivity contribution in [3.8, 4) is 0 Å². The van der Waals surface area contributed by atoms with Gasteiger partial charge in [0.05, 0.1) is 19.5 Å². The Balaban J connectivity index is 1.95. The van der Waals surface area contributed by atoms with Crippen LogP contribution in [-0.2, 0) is 9.53 Å². The van der Waals surface area contributed by atoms with Crippen LogP contribution >= 0.6 is 0 Å². The molecule has 136 valence electrons. The van der Waals surface area contributed by atoms with Gasteiger partial charge < -0.3 is 35.6 Å². The standard InChI is InChI=1S/C13H17N5O7/c19-1-5(13(23)24)17-10-7-11(15-3-14-10)18(4-16-7)12-9(22)8(21)6(2-20)25-12/h3-6,8-9,12,19-22H,1-2H2,(H,23,24)(H,14,15,17)/t5-,6-,8+,9?,12-/m1/s1. The van der Waals surface area contributed by atoms with Crippen molar-refractivity contribution in [1.82, 2.24) is 19.5 Å². The predicted molar refractivity (Wildman–Crippen MR) is 80.5 cm³/mol. The van der Waals surface area contributed by atoms with Crippen LogP contribution in [0, 0.1) is 0 Å². The van der Waals surface area contributed by atoms with E-state index < -0.39 is 49.8 Å². The molecule has 1 aliphatic rings. The number of carboxylic acids is 1. The lowest BCUT2D eigenvalue weighted by molar-refractivity contribution is -0.138. The maximum atomic E-state index is 11.0. The number of aliphatic hydroxyl groups excluding tert-OH is 4. The van der Waals surface area contributed by atoms with Crippen LogP contribution in [0.1, 0.15) is 6.23 Å². The fourth-order valence-corrected chi connectivity index (χ4v) is 2.60. The number of aliphatic hydroxyl groups is 4. The summed E-state index contributed by atoms with van der Waals surface area (Å²) in [7, 11) is 0. The first kappa shape index (κ1) is 17.4. The van der Waals surface area contributed by atoms with Gasteiger partial charge in [0.25, 0.3) is 0 Å². The zero-order valence-corrected chi connectivity index (χ0v) is 12.8. The third-order valence-electron chi connectivity index (χ3n) is 3.94. The Morgan fingerprint density at radius 1 is 1.28 bits per heavy atom. The van der Waals surface area contributed by atoms with Gasteiger partial charge in [0.15, 0.2) is 23.2 Å². The topological polar surface area (TPSA) is 183 Å². The van der Waals surface area contributed by atoms with E-state index in [-0.39, 0.29) is 17.0 Å². The average Bonchev–Trinajstić information content (AvgIpc) is 3.15. The Morgan fingerprint density at radius 3 is 2.64 bits per heavy atom. The first-order valence-electron chi connectivity index (χ1n) is 7.38. The molecule has 1 unspecified atom stereocenters. The Morgan fingerprint density at radius 2 is 2.04 bits per heavy atom. The molecule has 2 aromatic heterocycles. The highest BCUT2D eigenvalue weighted by Crippen LogP contribution is 2.32. The number of imidazole rings is 1. The second-order valence-electron chi connectivity index (χ2n) is 5.49. The summed E-state index contributed by atoms with van der Waals surface area (Å²) >= 11 is 0. The number of carbonyl (C=O) groups is 1. The number of aliphatic carboxylic acids is 1. The summed E-state index contributed by atoms with van der Waals surface area (Å²) in [4.78, 5) is 23.1. The number of ether oxygens (including phenoxy) is 1. The van der Waals surface area contributed by atoms with Gasteiger partial charge in [-0.05, 0) is 0 Å². The lowest BCUT2D eigenvalue weighted by atomic mass is 10.1. The molecule has 0 aromatic carbocycles. The molecular formula is C13H17N5O7. The quantitative estimate of drug-likeness (QED) is 0.317. The molecule has 3 heterocycles. The molecule has 1 saturated heterocycles. The van der Waals surface area contributed by atoms with Gasteiger partial charge in [-0.25, -0.2) is 19.7 Å². The monoisotopic (exact) mass is 355 g/mol. The largest absolute Gasteiger partial charge is 0.480 e. The minimum Gasteiger partial charge on any atom is -0.480 e. The molecule has 25 heavy (non-hydrogen) atoms. The zero-order chi connectivity index (χ0) is 18.1. The molecule has 1 fully saturated rings. The number of rotatable bonds is 6. The van der Waals surface area contributed by atoms with E-state index in [9.17, 15) is 15.0 Å². The van der Waals surface area contributed by atoms with E-state index >= 15 is 0 Å². The normalized spacial score (nSPS) is 27.5. The Hall–Kier alpha value is -2.38. The third-order valence-corrected chi connectivity index (χ3v) is 3.94. The van der Waals surface area contributed by atoms with Crippen molar-refractivity contribution < 1.29 is 35.1 Å². The molecule has 12 heteroatoms. The highest BCUT2D eigenvalue weighted by atomic mass is 16.6. The Bertz CT molecular complexity index is 768. The summed E-state index contributed by atoms with van der Waals surface area (Å²) in [6.07, 6.45) is -2.14. The minimum absolute atomic E-state index is 0.0805. The molecule has 12 nitrogen and oxygen atoms in total. The number of hydrogen-bond acceptors (Lipinski definition) is 10. The molecule has 0 amide bonds. The van der Waals surface area contributed by atoms with E-state index in [4.69, 9.17) is 20.1 Å². The molecule has 0 radical (unpaired) electrons. The Labute approximate surface area is 140 Å². The molecule has 2 aromatic rings. The number of fused-ring (bicyclic) bond motifs is 1. The van der Waals surface area contributed by atoms with Crippen LogP contribution in [-0.4, -0.2) is 88.6 Å². The molecular weight excluding hydrogens is 338 g/mol. The van der Waals surface area contributed by atoms with Crippen LogP contribution in [0.25, 0.3) is 11.2 Å². The van der Waals surface area contributed by atoms with Gasteiger partial charge in [0, 0.05) is 0 Å². The first-order chi connectivity index (χ1) is 12.0. The molecule has 0 bridgehead atoms. The van der Waals surface area contributed by atoms with Crippen molar-refractivity contribution >= 4 is 23.0 Å². The van der Waals surface area contributed by atoms with E-state index in [1.54, 1.807) is 0 Å². The van der Waals surface area contributed by atoms with Crippen molar-refractivity contribution in [3.63, 3.8) is 0 Å². The van der Waals surface area contributed by atoms with Gasteiger partial charge >= 0.3 is 5.97 Å².